The maximum atomic E-state index is 13.5. The van der Waals surface area contributed by atoms with E-state index >= 15 is 0 Å². The number of piperazine rings is 1. The molecule has 2 N–H and O–H groups in total. The number of nitrogens with one attached hydrogen (secondary N) is 2. The molecule has 2 fully saturated rings. The fraction of sp³-hybridized carbons (Fsp3) is 0.522. The van der Waals surface area contributed by atoms with Crippen molar-refractivity contribution in [3.63, 3.8) is 0 Å². The van der Waals surface area contributed by atoms with E-state index in [9.17, 15) is 14.0 Å². The molecule has 2 aliphatic rings. The molecule has 2 saturated heterocycles. The van der Waals surface area contributed by atoms with Crippen molar-refractivity contribution in [1.82, 2.24) is 24.9 Å². The highest BCUT2D eigenvalue weighted by Gasteiger charge is 2.37. The number of urea groups is 1. The van der Waals surface area contributed by atoms with E-state index in [1.54, 1.807) is 18.9 Å². The van der Waals surface area contributed by atoms with E-state index in [2.05, 4.69) is 27.3 Å². The van der Waals surface area contributed by atoms with Crippen molar-refractivity contribution >= 4 is 17.8 Å². The predicted molar refractivity (Wildman–Crippen MR) is 120 cm³/mol. The van der Waals surface area contributed by atoms with Crippen molar-refractivity contribution in [3.05, 3.63) is 46.4 Å². The Morgan fingerprint density at radius 1 is 1.31 bits per heavy atom. The summed E-state index contributed by atoms with van der Waals surface area (Å²) in [6.45, 7) is 8.67. The topological polar surface area (TPSA) is 84.6 Å². The standard InChI is InChI=1S/C23H31FN6O2/c1-14-10-17(7-8-20(14)24)22(31)25-21-19(16(3)26-27-21)13-28(4)23(32)30-12-18-6-5-9-29(18)11-15(30)2/h7-8,10,15,18H,5-6,9,11-13H2,1-4H3,(H2,25,26,27,31)/t15?,18-/m0/s1. The van der Waals surface area contributed by atoms with Gasteiger partial charge in [-0.15, -0.1) is 0 Å². The molecule has 3 heterocycles. The Labute approximate surface area is 187 Å². The predicted octanol–water partition coefficient (Wildman–Crippen LogP) is 3.14. The van der Waals surface area contributed by atoms with Crippen LogP contribution >= 0.6 is 0 Å². The lowest BCUT2D eigenvalue weighted by Gasteiger charge is -2.43. The summed E-state index contributed by atoms with van der Waals surface area (Å²) in [5, 5.41) is 9.90. The second-order valence-corrected chi connectivity index (χ2v) is 9.02. The van der Waals surface area contributed by atoms with Crippen molar-refractivity contribution in [1.29, 1.82) is 0 Å². The smallest absolute Gasteiger partial charge is 0.320 e. The Hall–Kier alpha value is -2.94. The summed E-state index contributed by atoms with van der Waals surface area (Å²) in [4.78, 5) is 32.0. The van der Waals surface area contributed by atoms with E-state index in [1.807, 2.05) is 11.8 Å². The molecule has 2 aromatic rings. The van der Waals surface area contributed by atoms with Crippen LogP contribution in [0.15, 0.2) is 18.2 Å². The Morgan fingerprint density at radius 3 is 2.84 bits per heavy atom. The fourth-order valence-corrected chi connectivity index (χ4v) is 4.69. The normalized spacial score (nSPS) is 20.8. The highest BCUT2D eigenvalue weighted by atomic mass is 19.1. The number of amides is 3. The van der Waals surface area contributed by atoms with Crippen LogP contribution in [-0.4, -0.2) is 75.6 Å². The molecule has 9 heteroatoms. The van der Waals surface area contributed by atoms with E-state index in [0.717, 1.165) is 37.3 Å². The first kappa shape index (κ1) is 22.3. The Morgan fingerprint density at radius 2 is 2.09 bits per heavy atom. The van der Waals surface area contributed by atoms with Crippen molar-refractivity contribution in [2.24, 2.45) is 0 Å². The van der Waals surface area contributed by atoms with Gasteiger partial charge in [-0.2, -0.15) is 5.10 Å². The Balaban J connectivity index is 1.45. The van der Waals surface area contributed by atoms with Crippen LogP contribution in [0.25, 0.3) is 0 Å². The van der Waals surface area contributed by atoms with E-state index in [-0.39, 0.29) is 23.8 Å². The number of fused-ring (bicyclic) bond motifs is 1. The van der Waals surface area contributed by atoms with Crippen LogP contribution in [0.2, 0.25) is 0 Å². The van der Waals surface area contributed by atoms with Gasteiger partial charge in [0.1, 0.15) is 5.82 Å². The molecule has 4 rings (SSSR count). The minimum atomic E-state index is -0.374. The largest absolute Gasteiger partial charge is 0.323 e. The number of H-pyrrole nitrogens is 1. The lowest BCUT2D eigenvalue weighted by Crippen LogP contribution is -2.58. The third kappa shape index (κ3) is 4.34. The first-order chi connectivity index (χ1) is 15.2. The number of nitrogens with zero attached hydrogens (tertiary/aromatic N) is 4. The SMILES string of the molecule is Cc1cc(C(=O)Nc2n[nH]c(C)c2CN(C)C(=O)N2C[C@@H]3CCCN3CC2C)ccc1F. The number of hydrogen-bond donors (Lipinski definition) is 2. The molecule has 0 saturated carbocycles. The van der Waals surface area contributed by atoms with Crippen LogP contribution in [0.1, 0.15) is 46.9 Å². The van der Waals surface area contributed by atoms with Gasteiger partial charge in [0.2, 0.25) is 0 Å². The summed E-state index contributed by atoms with van der Waals surface area (Å²) in [6, 6.07) is 4.81. The maximum Gasteiger partial charge on any atom is 0.320 e. The zero-order valence-corrected chi connectivity index (χ0v) is 19.1. The minimum absolute atomic E-state index is 0.0175. The van der Waals surface area contributed by atoms with Gasteiger partial charge in [0.05, 0.1) is 6.54 Å². The van der Waals surface area contributed by atoms with Gasteiger partial charge in [0.15, 0.2) is 5.82 Å². The number of aromatic amines is 1. The molecule has 1 aromatic carbocycles. The second-order valence-electron chi connectivity index (χ2n) is 9.02. The van der Waals surface area contributed by atoms with Crippen molar-refractivity contribution in [2.45, 2.75) is 52.2 Å². The molecular formula is C23H31FN6O2. The average Bonchev–Trinajstić information content (AvgIpc) is 3.35. The Kier molecular flexibility index (Phi) is 6.19. The zero-order chi connectivity index (χ0) is 23.0. The van der Waals surface area contributed by atoms with Gasteiger partial charge in [-0.25, -0.2) is 9.18 Å². The number of aryl methyl sites for hydroxylation is 2. The fourth-order valence-electron chi connectivity index (χ4n) is 4.69. The van der Waals surface area contributed by atoms with E-state index < -0.39 is 0 Å². The third-order valence-corrected chi connectivity index (χ3v) is 6.63. The van der Waals surface area contributed by atoms with Crippen LogP contribution < -0.4 is 5.32 Å². The number of hydrogen-bond acceptors (Lipinski definition) is 4. The van der Waals surface area contributed by atoms with E-state index in [4.69, 9.17) is 0 Å². The molecule has 0 bridgehead atoms. The maximum absolute atomic E-state index is 13.5. The molecule has 172 valence electrons. The summed E-state index contributed by atoms with van der Waals surface area (Å²) in [5.41, 5.74) is 2.28. The lowest BCUT2D eigenvalue weighted by atomic mass is 10.1. The number of halogens is 1. The highest BCUT2D eigenvalue weighted by Crippen LogP contribution is 2.26. The van der Waals surface area contributed by atoms with Gasteiger partial charge in [0.25, 0.3) is 5.91 Å². The highest BCUT2D eigenvalue weighted by molar-refractivity contribution is 6.04. The second kappa shape index (κ2) is 8.90. The minimum Gasteiger partial charge on any atom is -0.323 e. The Bertz CT molecular complexity index is 1020. The van der Waals surface area contributed by atoms with Crippen LogP contribution in [0.5, 0.6) is 0 Å². The van der Waals surface area contributed by atoms with Crippen LogP contribution in [0.3, 0.4) is 0 Å². The first-order valence-electron chi connectivity index (χ1n) is 11.1. The molecule has 1 unspecified atom stereocenters. The molecule has 0 aliphatic carbocycles. The lowest BCUT2D eigenvalue weighted by molar-refractivity contribution is 0.0656. The van der Waals surface area contributed by atoms with Crippen molar-refractivity contribution in [3.8, 4) is 0 Å². The van der Waals surface area contributed by atoms with Crippen LogP contribution in [0.4, 0.5) is 15.0 Å². The number of carbonyl (C=O) groups is 2. The van der Waals surface area contributed by atoms with Gasteiger partial charge in [-0.1, -0.05) is 0 Å². The van der Waals surface area contributed by atoms with Gasteiger partial charge >= 0.3 is 6.03 Å². The molecule has 1 aromatic heterocycles. The molecule has 32 heavy (non-hydrogen) atoms. The number of anilines is 1. The molecular weight excluding hydrogens is 411 g/mol. The summed E-state index contributed by atoms with van der Waals surface area (Å²) in [7, 11) is 1.78. The molecule has 2 atom stereocenters. The third-order valence-electron chi connectivity index (χ3n) is 6.63. The summed E-state index contributed by atoms with van der Waals surface area (Å²) >= 11 is 0. The average molecular weight is 443 g/mol. The summed E-state index contributed by atoms with van der Waals surface area (Å²) < 4.78 is 13.5. The van der Waals surface area contributed by atoms with E-state index in [0.29, 0.717) is 29.5 Å². The number of rotatable bonds is 4. The zero-order valence-electron chi connectivity index (χ0n) is 19.1. The van der Waals surface area contributed by atoms with Gasteiger partial charge in [-0.3, -0.25) is 14.8 Å². The monoisotopic (exact) mass is 442 g/mol. The number of aromatic nitrogens is 2. The van der Waals surface area contributed by atoms with Crippen LogP contribution in [0, 0.1) is 19.7 Å². The van der Waals surface area contributed by atoms with Crippen molar-refractivity contribution < 1.29 is 14.0 Å². The molecule has 0 spiro atoms. The number of benzene rings is 1. The van der Waals surface area contributed by atoms with Gasteiger partial charge < -0.3 is 15.1 Å². The summed E-state index contributed by atoms with van der Waals surface area (Å²) in [5.74, 6) is -0.353. The van der Waals surface area contributed by atoms with Gasteiger partial charge in [0, 0.05) is 49.0 Å². The molecule has 2 aliphatic heterocycles. The van der Waals surface area contributed by atoms with E-state index in [1.165, 1.54) is 24.6 Å². The summed E-state index contributed by atoms with van der Waals surface area (Å²) in [6.07, 6.45) is 2.33. The van der Waals surface area contributed by atoms with Crippen LogP contribution in [-0.2, 0) is 6.54 Å². The van der Waals surface area contributed by atoms with Crippen molar-refractivity contribution in [2.75, 3.05) is 32.0 Å². The van der Waals surface area contributed by atoms with Gasteiger partial charge in [-0.05, 0) is 63.9 Å². The molecule has 8 nitrogen and oxygen atoms in total. The quantitative estimate of drug-likeness (QED) is 0.762. The molecule has 0 radical (unpaired) electrons. The number of carbonyl (C=O) groups excluding carboxylic acids is 2. The molecule has 3 amide bonds. The first-order valence-corrected chi connectivity index (χ1v) is 11.1.